The van der Waals surface area contributed by atoms with Crippen molar-refractivity contribution in [1.29, 1.82) is 0 Å². The number of nitrogens with zero attached hydrogens (tertiary/aromatic N) is 1. The molecule has 0 bridgehead atoms. The average Bonchev–Trinajstić information content (AvgIpc) is 2.78. The summed E-state index contributed by atoms with van der Waals surface area (Å²) in [5.74, 6) is -0.436. The van der Waals surface area contributed by atoms with Gasteiger partial charge in [-0.25, -0.2) is 8.42 Å². The fourth-order valence-electron chi connectivity index (χ4n) is 4.33. The Morgan fingerprint density at radius 1 is 1.06 bits per heavy atom. The number of carbonyl (C=O) groups excluding carboxylic acids is 2. The third-order valence-electron chi connectivity index (χ3n) is 6.05. The standard InChI is InChI=1S/C24H29N3O5S/c1-16-12-13-21-20(14-16)27(33(2,30)31)15-22(32-21)24(29)26-19-11-7-6-10-18(19)23(28)25-17-8-4-3-5-9-17/h6-7,10-14,17,22H,3-5,8-9,15H2,1-2H3,(H,25,28)(H,26,29). The van der Waals surface area contributed by atoms with Gasteiger partial charge in [-0.15, -0.1) is 0 Å². The van der Waals surface area contributed by atoms with Crippen LogP contribution in [0, 0.1) is 6.92 Å². The van der Waals surface area contributed by atoms with Crippen LogP contribution in [0.15, 0.2) is 42.5 Å². The molecule has 1 saturated carbocycles. The Labute approximate surface area is 194 Å². The summed E-state index contributed by atoms with van der Waals surface area (Å²) in [6.07, 6.45) is 5.33. The second-order valence-electron chi connectivity index (χ2n) is 8.71. The number of ether oxygens (including phenoxy) is 1. The number of aryl methyl sites for hydroxylation is 1. The second kappa shape index (κ2) is 9.43. The van der Waals surface area contributed by atoms with E-state index in [0.29, 0.717) is 22.7 Å². The van der Waals surface area contributed by atoms with Gasteiger partial charge >= 0.3 is 0 Å². The third-order valence-corrected chi connectivity index (χ3v) is 7.19. The van der Waals surface area contributed by atoms with Crippen LogP contribution in [0.5, 0.6) is 5.75 Å². The summed E-state index contributed by atoms with van der Waals surface area (Å²) in [5, 5.41) is 5.83. The molecule has 0 aromatic heterocycles. The van der Waals surface area contributed by atoms with E-state index in [1.807, 2.05) is 6.92 Å². The van der Waals surface area contributed by atoms with Crippen molar-refractivity contribution in [2.75, 3.05) is 22.4 Å². The first-order valence-electron chi connectivity index (χ1n) is 11.2. The maximum Gasteiger partial charge on any atom is 0.267 e. The largest absolute Gasteiger partial charge is 0.476 e. The number of benzene rings is 2. The molecule has 2 aromatic rings. The molecule has 0 spiro atoms. The Kier molecular flexibility index (Phi) is 6.60. The fourth-order valence-corrected chi connectivity index (χ4v) is 5.23. The number of carbonyl (C=O) groups is 2. The molecule has 4 rings (SSSR count). The van der Waals surface area contributed by atoms with Crippen LogP contribution < -0.4 is 19.7 Å². The van der Waals surface area contributed by atoms with Crippen molar-refractivity contribution in [3.05, 3.63) is 53.6 Å². The SMILES string of the molecule is Cc1ccc2c(c1)N(S(C)(=O)=O)CC(C(=O)Nc1ccccc1C(=O)NC1CCCCC1)O2. The van der Waals surface area contributed by atoms with Crippen LogP contribution >= 0.6 is 0 Å². The lowest BCUT2D eigenvalue weighted by Crippen LogP contribution is -2.48. The maximum absolute atomic E-state index is 13.1. The predicted octanol–water partition coefficient (Wildman–Crippen LogP) is 3.22. The van der Waals surface area contributed by atoms with Gasteiger partial charge in [0, 0.05) is 6.04 Å². The third kappa shape index (κ3) is 5.30. The van der Waals surface area contributed by atoms with Crippen molar-refractivity contribution in [2.45, 2.75) is 51.2 Å². The van der Waals surface area contributed by atoms with Crippen LogP contribution in [0.4, 0.5) is 11.4 Å². The lowest BCUT2D eigenvalue weighted by molar-refractivity contribution is -0.122. The van der Waals surface area contributed by atoms with Crippen molar-refractivity contribution in [3.8, 4) is 5.75 Å². The molecule has 1 aliphatic carbocycles. The minimum Gasteiger partial charge on any atom is -0.476 e. The van der Waals surface area contributed by atoms with Gasteiger partial charge in [-0.1, -0.05) is 37.5 Å². The zero-order valence-electron chi connectivity index (χ0n) is 18.8. The number of hydrogen-bond acceptors (Lipinski definition) is 5. The predicted molar refractivity (Wildman–Crippen MR) is 127 cm³/mol. The van der Waals surface area contributed by atoms with Crippen LogP contribution in [-0.4, -0.2) is 45.2 Å². The first kappa shape index (κ1) is 23.1. The number of anilines is 2. The normalized spacial score (nSPS) is 18.7. The lowest BCUT2D eigenvalue weighted by atomic mass is 9.95. The maximum atomic E-state index is 13.1. The Morgan fingerprint density at radius 3 is 2.52 bits per heavy atom. The minimum absolute atomic E-state index is 0.139. The highest BCUT2D eigenvalue weighted by molar-refractivity contribution is 7.92. The number of amides is 2. The molecule has 0 saturated heterocycles. The number of nitrogens with one attached hydrogen (secondary N) is 2. The monoisotopic (exact) mass is 471 g/mol. The molecule has 1 unspecified atom stereocenters. The van der Waals surface area contributed by atoms with E-state index in [9.17, 15) is 18.0 Å². The van der Waals surface area contributed by atoms with E-state index in [4.69, 9.17) is 4.74 Å². The lowest BCUT2D eigenvalue weighted by Gasteiger charge is -2.34. The summed E-state index contributed by atoms with van der Waals surface area (Å²) >= 11 is 0. The van der Waals surface area contributed by atoms with Crippen LogP contribution in [0.3, 0.4) is 0 Å². The van der Waals surface area contributed by atoms with Gasteiger partial charge in [0.15, 0.2) is 6.10 Å². The van der Waals surface area contributed by atoms with Crippen molar-refractivity contribution in [3.63, 3.8) is 0 Å². The Morgan fingerprint density at radius 2 is 1.79 bits per heavy atom. The molecule has 2 aliphatic rings. The molecule has 176 valence electrons. The average molecular weight is 472 g/mol. The van der Waals surface area contributed by atoms with Crippen LogP contribution in [-0.2, 0) is 14.8 Å². The van der Waals surface area contributed by atoms with Crippen molar-refractivity contribution >= 4 is 33.2 Å². The fraction of sp³-hybridized carbons (Fsp3) is 0.417. The van der Waals surface area contributed by atoms with Crippen LogP contribution in [0.1, 0.15) is 48.0 Å². The van der Waals surface area contributed by atoms with Crippen molar-refractivity contribution < 1.29 is 22.7 Å². The Hall–Kier alpha value is -3.07. The van der Waals surface area contributed by atoms with Crippen molar-refractivity contribution in [2.24, 2.45) is 0 Å². The van der Waals surface area contributed by atoms with Crippen LogP contribution in [0.25, 0.3) is 0 Å². The number of para-hydroxylation sites is 1. The number of hydrogen-bond donors (Lipinski definition) is 2. The highest BCUT2D eigenvalue weighted by Gasteiger charge is 2.35. The Bertz CT molecular complexity index is 1160. The summed E-state index contributed by atoms with van der Waals surface area (Å²) in [5.41, 5.74) is 2.02. The molecule has 1 heterocycles. The molecule has 2 N–H and O–H groups in total. The summed E-state index contributed by atoms with van der Waals surface area (Å²) < 4.78 is 31.8. The van der Waals surface area contributed by atoms with Gasteiger partial charge in [-0.05, 0) is 49.6 Å². The summed E-state index contributed by atoms with van der Waals surface area (Å²) in [6.45, 7) is 1.70. The van der Waals surface area contributed by atoms with Gasteiger partial charge in [-0.2, -0.15) is 0 Å². The van der Waals surface area contributed by atoms with Gasteiger partial charge in [0.1, 0.15) is 5.75 Å². The molecule has 9 heteroatoms. The first-order valence-corrected chi connectivity index (χ1v) is 13.0. The van der Waals surface area contributed by atoms with E-state index in [1.165, 1.54) is 10.7 Å². The van der Waals surface area contributed by atoms with E-state index in [-0.39, 0.29) is 18.5 Å². The van der Waals surface area contributed by atoms with E-state index in [0.717, 1.165) is 37.5 Å². The molecule has 0 radical (unpaired) electrons. The quantitative estimate of drug-likeness (QED) is 0.697. The zero-order valence-corrected chi connectivity index (χ0v) is 19.7. The number of fused-ring (bicyclic) bond motifs is 1. The van der Waals surface area contributed by atoms with E-state index >= 15 is 0 Å². The van der Waals surface area contributed by atoms with E-state index in [2.05, 4.69) is 10.6 Å². The van der Waals surface area contributed by atoms with Gasteiger partial charge in [0.25, 0.3) is 11.8 Å². The number of rotatable bonds is 5. The van der Waals surface area contributed by atoms with Crippen molar-refractivity contribution in [1.82, 2.24) is 5.32 Å². The Balaban J connectivity index is 1.53. The molecule has 1 fully saturated rings. The molecule has 2 aromatic carbocycles. The van der Waals surface area contributed by atoms with E-state index < -0.39 is 22.0 Å². The summed E-state index contributed by atoms with van der Waals surface area (Å²) in [4.78, 5) is 26.0. The molecule has 1 aliphatic heterocycles. The van der Waals surface area contributed by atoms with Gasteiger partial charge in [-0.3, -0.25) is 13.9 Å². The molecular weight excluding hydrogens is 442 g/mol. The minimum atomic E-state index is -3.62. The molecular formula is C24H29N3O5S. The van der Waals surface area contributed by atoms with Gasteiger partial charge in [0.05, 0.1) is 29.7 Å². The zero-order chi connectivity index (χ0) is 23.6. The first-order chi connectivity index (χ1) is 15.7. The smallest absolute Gasteiger partial charge is 0.267 e. The van der Waals surface area contributed by atoms with Gasteiger partial charge < -0.3 is 15.4 Å². The highest BCUT2D eigenvalue weighted by atomic mass is 32.2. The second-order valence-corrected chi connectivity index (χ2v) is 10.6. The molecule has 1 atom stereocenters. The number of sulfonamides is 1. The highest BCUT2D eigenvalue weighted by Crippen LogP contribution is 2.36. The summed E-state index contributed by atoms with van der Waals surface area (Å²) in [6, 6.07) is 12.1. The van der Waals surface area contributed by atoms with Crippen LogP contribution in [0.2, 0.25) is 0 Å². The molecule has 2 amide bonds. The molecule has 33 heavy (non-hydrogen) atoms. The van der Waals surface area contributed by atoms with E-state index in [1.54, 1.807) is 42.5 Å². The topological polar surface area (TPSA) is 105 Å². The van der Waals surface area contributed by atoms with Gasteiger partial charge in [0.2, 0.25) is 10.0 Å². The molecule has 8 nitrogen and oxygen atoms in total. The summed E-state index contributed by atoms with van der Waals surface area (Å²) in [7, 11) is -3.62.